The van der Waals surface area contributed by atoms with Gasteiger partial charge in [0.25, 0.3) is 0 Å². The summed E-state index contributed by atoms with van der Waals surface area (Å²) in [6.07, 6.45) is 0.546. The van der Waals surface area contributed by atoms with E-state index in [1.54, 1.807) is 24.3 Å². The zero-order chi connectivity index (χ0) is 31.7. The predicted octanol–water partition coefficient (Wildman–Crippen LogP) is 3.27. The summed E-state index contributed by atoms with van der Waals surface area (Å²) in [5, 5.41) is 17.4. The predicted molar refractivity (Wildman–Crippen MR) is 167 cm³/mol. The first-order valence-electron chi connectivity index (χ1n) is 14.3. The number of rotatable bonds is 14. The van der Waals surface area contributed by atoms with Crippen LogP contribution in [0.25, 0.3) is 0 Å². The van der Waals surface area contributed by atoms with Gasteiger partial charge >= 0.3 is 18.0 Å². The highest BCUT2D eigenvalue weighted by atomic mass is 16.5. The Morgan fingerprint density at radius 2 is 1.27 bits per heavy atom. The average molecular weight is 599 g/mol. The minimum atomic E-state index is -0.953. The van der Waals surface area contributed by atoms with E-state index in [2.05, 4.69) is 16.0 Å². The number of hydrogen-bond acceptors (Lipinski definition) is 6. The SMILES string of the molecule is CNC(=O)[C@H](Cc1ccccc1)NC(=O)N(CCC#N)CCN(C(=O)N[C@@H](Cc1ccccc1)C(=O)OC)c1ccccc1. The van der Waals surface area contributed by atoms with Gasteiger partial charge in [-0.3, -0.25) is 9.69 Å². The molecular weight excluding hydrogens is 560 g/mol. The van der Waals surface area contributed by atoms with E-state index >= 15 is 0 Å². The number of para-hydroxylation sites is 1. The number of ether oxygens (including phenoxy) is 1. The fourth-order valence-corrected chi connectivity index (χ4v) is 4.56. The lowest BCUT2D eigenvalue weighted by Gasteiger charge is -2.30. The summed E-state index contributed by atoms with van der Waals surface area (Å²) >= 11 is 0. The van der Waals surface area contributed by atoms with E-state index in [1.165, 1.54) is 24.0 Å². The Kier molecular flexibility index (Phi) is 13.2. The summed E-state index contributed by atoms with van der Waals surface area (Å²) in [7, 11) is 2.76. The first-order chi connectivity index (χ1) is 21.4. The number of nitriles is 1. The number of benzene rings is 3. The second kappa shape index (κ2) is 17.6. The van der Waals surface area contributed by atoms with Gasteiger partial charge in [-0.25, -0.2) is 14.4 Å². The van der Waals surface area contributed by atoms with E-state index < -0.39 is 30.1 Å². The van der Waals surface area contributed by atoms with Crippen molar-refractivity contribution in [2.45, 2.75) is 31.3 Å². The van der Waals surface area contributed by atoms with Gasteiger partial charge in [-0.15, -0.1) is 0 Å². The van der Waals surface area contributed by atoms with Crippen molar-refractivity contribution in [3.8, 4) is 6.07 Å². The van der Waals surface area contributed by atoms with Crippen LogP contribution in [0.3, 0.4) is 0 Å². The molecule has 44 heavy (non-hydrogen) atoms. The molecule has 0 saturated carbocycles. The highest BCUT2D eigenvalue weighted by Crippen LogP contribution is 2.15. The molecule has 230 valence electrons. The number of nitrogens with zero attached hydrogens (tertiary/aromatic N) is 3. The van der Waals surface area contributed by atoms with E-state index in [1.807, 2.05) is 72.8 Å². The van der Waals surface area contributed by atoms with Crippen LogP contribution < -0.4 is 20.9 Å². The zero-order valence-electron chi connectivity index (χ0n) is 24.9. The molecule has 0 aromatic heterocycles. The third-order valence-electron chi connectivity index (χ3n) is 6.90. The molecule has 11 heteroatoms. The van der Waals surface area contributed by atoms with E-state index in [4.69, 9.17) is 4.74 Å². The fraction of sp³-hybridized carbons (Fsp3) is 0.303. The molecule has 0 bridgehead atoms. The van der Waals surface area contributed by atoms with Crippen molar-refractivity contribution in [1.82, 2.24) is 20.9 Å². The smallest absolute Gasteiger partial charge is 0.328 e. The van der Waals surface area contributed by atoms with Gasteiger partial charge in [0, 0.05) is 45.2 Å². The summed E-state index contributed by atoms with van der Waals surface area (Å²) in [5.41, 5.74) is 2.25. The van der Waals surface area contributed by atoms with Crippen LogP contribution in [0, 0.1) is 11.3 Å². The Hall–Kier alpha value is -5.37. The molecule has 3 aromatic rings. The van der Waals surface area contributed by atoms with Gasteiger partial charge in [-0.05, 0) is 23.3 Å². The Morgan fingerprint density at radius 3 is 1.80 bits per heavy atom. The molecule has 3 aromatic carbocycles. The molecular formula is C33H38N6O5. The number of anilines is 1. The molecule has 3 N–H and O–H groups in total. The average Bonchev–Trinajstić information content (AvgIpc) is 3.06. The lowest BCUT2D eigenvalue weighted by Crippen LogP contribution is -2.54. The molecule has 0 radical (unpaired) electrons. The van der Waals surface area contributed by atoms with Crippen molar-refractivity contribution in [3.05, 3.63) is 102 Å². The second-order valence-electron chi connectivity index (χ2n) is 9.90. The maximum Gasteiger partial charge on any atom is 0.328 e. The van der Waals surface area contributed by atoms with Crippen LogP contribution in [0.15, 0.2) is 91.0 Å². The molecule has 3 rings (SSSR count). The van der Waals surface area contributed by atoms with Crippen LogP contribution in [-0.4, -0.2) is 74.7 Å². The van der Waals surface area contributed by atoms with Crippen molar-refractivity contribution in [2.24, 2.45) is 0 Å². The fourth-order valence-electron chi connectivity index (χ4n) is 4.56. The number of esters is 1. The normalized spacial score (nSPS) is 11.7. The standard InChI is InChI=1S/C33H38N6O5/c1-35-30(40)28(23-25-13-6-3-7-14-25)36-32(42)38(20-12-19-34)21-22-39(27-17-10-5-11-18-27)33(43)37-29(31(41)44-2)24-26-15-8-4-9-16-26/h3-11,13-18,28-29H,12,20-24H2,1-2H3,(H,35,40)(H,36,42)(H,37,43)/t28-,29-/m0/s1. The lowest BCUT2D eigenvalue weighted by molar-refractivity contribution is -0.142. The number of urea groups is 2. The molecule has 0 heterocycles. The van der Waals surface area contributed by atoms with Gasteiger partial charge in [0.05, 0.1) is 19.6 Å². The lowest BCUT2D eigenvalue weighted by atomic mass is 10.1. The van der Waals surface area contributed by atoms with Crippen molar-refractivity contribution in [2.75, 3.05) is 38.7 Å². The van der Waals surface area contributed by atoms with Crippen LogP contribution in [0.5, 0.6) is 0 Å². The van der Waals surface area contributed by atoms with Crippen LogP contribution in [0.1, 0.15) is 17.5 Å². The molecule has 0 saturated heterocycles. The highest BCUT2D eigenvalue weighted by molar-refractivity contribution is 5.95. The van der Waals surface area contributed by atoms with Crippen molar-refractivity contribution < 1.29 is 23.9 Å². The molecule has 11 nitrogen and oxygen atoms in total. The number of nitrogens with one attached hydrogen (secondary N) is 3. The largest absolute Gasteiger partial charge is 0.467 e. The maximum absolute atomic E-state index is 13.7. The van der Waals surface area contributed by atoms with E-state index in [-0.39, 0.29) is 44.8 Å². The Balaban J connectivity index is 1.79. The Morgan fingerprint density at radius 1 is 0.750 bits per heavy atom. The molecule has 0 aliphatic heterocycles. The number of carbonyl (C=O) groups excluding carboxylic acids is 4. The molecule has 5 amide bonds. The molecule has 0 aliphatic rings. The third-order valence-corrected chi connectivity index (χ3v) is 6.90. The number of carbonyl (C=O) groups is 4. The van der Waals surface area contributed by atoms with Crippen LogP contribution >= 0.6 is 0 Å². The van der Waals surface area contributed by atoms with Gasteiger partial charge in [0.2, 0.25) is 5.91 Å². The number of likely N-dealkylation sites (N-methyl/N-ethyl adjacent to an activating group) is 1. The van der Waals surface area contributed by atoms with Gasteiger partial charge in [-0.2, -0.15) is 5.26 Å². The maximum atomic E-state index is 13.7. The van der Waals surface area contributed by atoms with Crippen molar-refractivity contribution >= 4 is 29.6 Å². The molecule has 0 spiro atoms. The first-order valence-corrected chi connectivity index (χ1v) is 14.3. The van der Waals surface area contributed by atoms with Gasteiger partial charge in [0.15, 0.2) is 0 Å². The summed E-state index contributed by atoms with van der Waals surface area (Å²) in [6.45, 7) is 0.164. The topological polar surface area (TPSA) is 144 Å². The first kappa shape index (κ1) is 33.1. The summed E-state index contributed by atoms with van der Waals surface area (Å²) in [4.78, 5) is 55.2. The number of hydrogen-bond donors (Lipinski definition) is 3. The van der Waals surface area contributed by atoms with E-state index in [9.17, 15) is 24.4 Å². The molecule has 2 atom stereocenters. The van der Waals surface area contributed by atoms with Crippen LogP contribution in [-0.2, 0) is 27.2 Å². The van der Waals surface area contributed by atoms with Crippen LogP contribution in [0.4, 0.5) is 15.3 Å². The third kappa shape index (κ3) is 10.2. The van der Waals surface area contributed by atoms with Crippen molar-refractivity contribution in [1.29, 1.82) is 5.26 Å². The Labute approximate surface area is 257 Å². The quantitative estimate of drug-likeness (QED) is 0.243. The van der Waals surface area contributed by atoms with Gasteiger partial charge in [-0.1, -0.05) is 78.9 Å². The van der Waals surface area contributed by atoms with Crippen LogP contribution in [0.2, 0.25) is 0 Å². The van der Waals surface area contributed by atoms with E-state index in [0.29, 0.717) is 5.69 Å². The van der Waals surface area contributed by atoms with Crippen molar-refractivity contribution in [3.63, 3.8) is 0 Å². The molecule has 0 fully saturated rings. The Bertz CT molecular complexity index is 1400. The monoisotopic (exact) mass is 598 g/mol. The number of methoxy groups -OCH3 is 1. The molecule has 0 unspecified atom stereocenters. The minimum absolute atomic E-state index is 0.0389. The number of amides is 5. The van der Waals surface area contributed by atoms with E-state index in [0.717, 1.165) is 11.1 Å². The van der Waals surface area contributed by atoms with Gasteiger partial charge in [0.1, 0.15) is 12.1 Å². The van der Waals surface area contributed by atoms with Gasteiger partial charge < -0.3 is 25.6 Å². The summed E-state index contributed by atoms with van der Waals surface area (Å²) in [5.74, 6) is -0.955. The highest BCUT2D eigenvalue weighted by Gasteiger charge is 2.28. The molecule has 0 aliphatic carbocycles. The zero-order valence-corrected chi connectivity index (χ0v) is 24.9. The second-order valence-corrected chi connectivity index (χ2v) is 9.90. The summed E-state index contributed by atoms with van der Waals surface area (Å²) < 4.78 is 4.96. The minimum Gasteiger partial charge on any atom is -0.467 e. The summed E-state index contributed by atoms with van der Waals surface area (Å²) in [6, 6.07) is 26.5.